The Morgan fingerprint density at radius 2 is 2.21 bits per heavy atom. The summed E-state index contributed by atoms with van der Waals surface area (Å²) in [5.74, 6) is 0. The van der Waals surface area contributed by atoms with Gasteiger partial charge in [-0.15, -0.1) is 0 Å². The van der Waals surface area contributed by atoms with Gasteiger partial charge in [0.15, 0.2) is 4.77 Å². The molecule has 3 nitrogen and oxygen atoms in total. The molecule has 0 atom stereocenters. The Morgan fingerprint density at radius 3 is 2.89 bits per heavy atom. The molecule has 0 aliphatic heterocycles. The van der Waals surface area contributed by atoms with Crippen LogP contribution in [0.5, 0.6) is 0 Å². The van der Waals surface area contributed by atoms with Crippen LogP contribution in [0.25, 0.3) is 11.0 Å². The van der Waals surface area contributed by atoms with Crippen molar-refractivity contribution in [1.82, 2.24) is 14.5 Å². The minimum absolute atomic E-state index is 0.825. The predicted octanol–water partition coefficient (Wildman–Crippen LogP) is 3.49. The van der Waals surface area contributed by atoms with Gasteiger partial charge in [0, 0.05) is 19.1 Å². The van der Waals surface area contributed by atoms with E-state index in [9.17, 15) is 0 Å². The van der Waals surface area contributed by atoms with Crippen LogP contribution in [-0.4, -0.2) is 33.6 Å². The summed E-state index contributed by atoms with van der Waals surface area (Å²) < 4.78 is 3.08. The summed E-state index contributed by atoms with van der Waals surface area (Å²) in [6.07, 6.45) is 2.73. The lowest BCUT2D eigenvalue weighted by molar-refractivity contribution is 0.267. The van der Waals surface area contributed by atoms with Crippen LogP contribution in [0.4, 0.5) is 0 Å². The first-order chi connectivity index (χ1) is 9.20. The lowest BCUT2D eigenvalue weighted by atomic mass is 10.2. The van der Waals surface area contributed by atoms with Gasteiger partial charge >= 0.3 is 0 Å². The summed E-state index contributed by atoms with van der Waals surface area (Å²) in [5.41, 5.74) is 3.68. The molecule has 1 aliphatic rings. The fourth-order valence-electron chi connectivity index (χ4n) is 2.81. The Labute approximate surface area is 119 Å². The number of nitrogens with one attached hydrogen (secondary N) is 1. The van der Waals surface area contributed by atoms with E-state index in [0.29, 0.717) is 0 Å². The zero-order chi connectivity index (χ0) is 13.4. The van der Waals surface area contributed by atoms with Crippen LogP contribution in [0.15, 0.2) is 18.2 Å². The van der Waals surface area contributed by atoms with Crippen molar-refractivity contribution in [3.8, 4) is 0 Å². The third kappa shape index (κ3) is 2.47. The maximum atomic E-state index is 5.47. The topological polar surface area (TPSA) is 24.0 Å². The minimum atomic E-state index is 0.825. The molecule has 0 unspecified atom stereocenters. The van der Waals surface area contributed by atoms with Crippen molar-refractivity contribution in [2.24, 2.45) is 0 Å². The first kappa shape index (κ1) is 12.9. The summed E-state index contributed by atoms with van der Waals surface area (Å²) in [7, 11) is 0. The molecule has 0 amide bonds. The Bertz CT molecular complexity index is 636. The van der Waals surface area contributed by atoms with E-state index in [0.717, 1.165) is 30.4 Å². The summed E-state index contributed by atoms with van der Waals surface area (Å²) in [6.45, 7) is 7.58. The normalized spacial score (nSPS) is 15.5. The first-order valence-corrected chi connectivity index (χ1v) is 7.53. The third-order valence-electron chi connectivity index (χ3n) is 4.10. The lowest BCUT2D eigenvalue weighted by Crippen LogP contribution is -2.29. The van der Waals surface area contributed by atoms with Gasteiger partial charge in [-0.05, 0) is 50.2 Å². The molecule has 1 fully saturated rings. The molecule has 3 rings (SSSR count). The van der Waals surface area contributed by atoms with Gasteiger partial charge in [-0.25, -0.2) is 0 Å². The molecule has 0 radical (unpaired) electrons. The number of benzene rings is 1. The van der Waals surface area contributed by atoms with Crippen molar-refractivity contribution in [3.05, 3.63) is 28.5 Å². The number of likely N-dealkylation sites (N-methyl/N-ethyl adjacent to an activating group) is 1. The molecule has 2 aromatic rings. The second-order valence-electron chi connectivity index (χ2n) is 5.41. The monoisotopic (exact) mass is 275 g/mol. The lowest BCUT2D eigenvalue weighted by Gasteiger charge is -2.20. The van der Waals surface area contributed by atoms with E-state index in [1.54, 1.807) is 0 Å². The van der Waals surface area contributed by atoms with Crippen LogP contribution in [0.2, 0.25) is 0 Å². The molecule has 1 N–H and O–H groups in total. The van der Waals surface area contributed by atoms with Crippen molar-refractivity contribution in [2.75, 3.05) is 13.1 Å². The number of hydrogen-bond acceptors (Lipinski definition) is 2. The van der Waals surface area contributed by atoms with Crippen LogP contribution in [0, 0.1) is 11.7 Å². The third-order valence-corrected chi connectivity index (χ3v) is 4.42. The molecule has 1 aliphatic carbocycles. The Kier molecular flexibility index (Phi) is 3.46. The molecule has 1 aromatic carbocycles. The van der Waals surface area contributed by atoms with Crippen LogP contribution in [-0.2, 0) is 6.54 Å². The number of imidazole rings is 1. The van der Waals surface area contributed by atoms with Crippen LogP contribution < -0.4 is 0 Å². The fourth-order valence-corrected chi connectivity index (χ4v) is 3.10. The summed E-state index contributed by atoms with van der Waals surface area (Å²) >= 11 is 5.47. The van der Waals surface area contributed by atoms with E-state index >= 15 is 0 Å². The molecule has 0 bridgehead atoms. The SMILES string of the molecule is CCN(CCn1c(=S)[nH]c2c(C)cccc21)C1CC1. The highest BCUT2D eigenvalue weighted by molar-refractivity contribution is 7.71. The van der Waals surface area contributed by atoms with E-state index in [-0.39, 0.29) is 0 Å². The summed E-state index contributed by atoms with van der Waals surface area (Å²) in [5, 5.41) is 0. The average Bonchev–Trinajstić information content (AvgIpc) is 3.17. The number of fused-ring (bicyclic) bond motifs is 1. The summed E-state index contributed by atoms with van der Waals surface area (Å²) in [6, 6.07) is 7.21. The van der Waals surface area contributed by atoms with E-state index in [4.69, 9.17) is 12.2 Å². The zero-order valence-electron chi connectivity index (χ0n) is 11.6. The van der Waals surface area contributed by atoms with Gasteiger partial charge < -0.3 is 9.55 Å². The molecule has 0 saturated heterocycles. The molecular weight excluding hydrogens is 254 g/mol. The van der Waals surface area contributed by atoms with Crippen molar-refractivity contribution in [3.63, 3.8) is 0 Å². The van der Waals surface area contributed by atoms with Crippen molar-refractivity contribution < 1.29 is 0 Å². The second kappa shape index (κ2) is 5.10. The van der Waals surface area contributed by atoms with Gasteiger partial charge in [-0.3, -0.25) is 4.90 Å². The number of aromatic amines is 1. The van der Waals surface area contributed by atoms with E-state index in [2.05, 4.69) is 46.5 Å². The largest absolute Gasteiger partial charge is 0.330 e. The molecular formula is C15H21N3S. The Morgan fingerprint density at radius 1 is 1.42 bits per heavy atom. The molecule has 4 heteroatoms. The van der Waals surface area contributed by atoms with E-state index in [1.165, 1.54) is 29.4 Å². The van der Waals surface area contributed by atoms with E-state index < -0.39 is 0 Å². The summed E-state index contributed by atoms with van der Waals surface area (Å²) in [4.78, 5) is 5.91. The first-order valence-electron chi connectivity index (χ1n) is 7.13. The standard InChI is InChI=1S/C15H21N3S/c1-3-17(12-7-8-12)9-10-18-13-6-4-5-11(2)14(13)16-15(18)19/h4-6,12H,3,7-10H2,1-2H3,(H,16,19). The minimum Gasteiger partial charge on any atom is -0.330 e. The van der Waals surface area contributed by atoms with E-state index in [1.807, 2.05) is 0 Å². The molecule has 1 aromatic heterocycles. The van der Waals surface area contributed by atoms with Crippen molar-refractivity contribution in [1.29, 1.82) is 0 Å². The van der Waals surface area contributed by atoms with Gasteiger partial charge in [0.25, 0.3) is 0 Å². The van der Waals surface area contributed by atoms with Crippen LogP contribution in [0.3, 0.4) is 0 Å². The molecule has 1 heterocycles. The highest BCUT2D eigenvalue weighted by atomic mass is 32.1. The van der Waals surface area contributed by atoms with Crippen LogP contribution in [0.1, 0.15) is 25.3 Å². The highest BCUT2D eigenvalue weighted by Gasteiger charge is 2.27. The molecule has 0 spiro atoms. The smallest absolute Gasteiger partial charge is 0.178 e. The van der Waals surface area contributed by atoms with Gasteiger partial charge in [0.05, 0.1) is 11.0 Å². The molecule has 1 saturated carbocycles. The Hall–Kier alpha value is -1.13. The van der Waals surface area contributed by atoms with Gasteiger partial charge in [-0.1, -0.05) is 19.1 Å². The number of H-pyrrole nitrogens is 1. The maximum Gasteiger partial charge on any atom is 0.178 e. The average molecular weight is 275 g/mol. The van der Waals surface area contributed by atoms with Gasteiger partial charge in [-0.2, -0.15) is 0 Å². The highest BCUT2D eigenvalue weighted by Crippen LogP contribution is 2.26. The second-order valence-corrected chi connectivity index (χ2v) is 5.80. The number of hydrogen-bond donors (Lipinski definition) is 1. The number of rotatable bonds is 5. The quantitative estimate of drug-likeness (QED) is 0.845. The molecule has 19 heavy (non-hydrogen) atoms. The zero-order valence-corrected chi connectivity index (χ0v) is 12.5. The number of aryl methyl sites for hydroxylation is 1. The van der Waals surface area contributed by atoms with Gasteiger partial charge in [0.1, 0.15) is 0 Å². The Balaban J connectivity index is 1.86. The number of para-hydroxylation sites is 1. The maximum absolute atomic E-state index is 5.47. The molecule has 102 valence electrons. The van der Waals surface area contributed by atoms with Crippen LogP contribution >= 0.6 is 12.2 Å². The predicted molar refractivity (Wildman–Crippen MR) is 82.1 cm³/mol. The van der Waals surface area contributed by atoms with Crippen molar-refractivity contribution in [2.45, 2.75) is 39.3 Å². The number of aromatic nitrogens is 2. The van der Waals surface area contributed by atoms with Gasteiger partial charge in [0.2, 0.25) is 0 Å². The fraction of sp³-hybridized carbons (Fsp3) is 0.533. The van der Waals surface area contributed by atoms with Crippen molar-refractivity contribution >= 4 is 23.3 Å². The number of nitrogens with zero attached hydrogens (tertiary/aromatic N) is 2.